The molecule has 0 spiro atoms. The van der Waals surface area contributed by atoms with Gasteiger partial charge in [-0.1, -0.05) is 60.1 Å². The fraction of sp³-hybridized carbons (Fsp3) is 0.150. The smallest absolute Gasteiger partial charge is 0.149 e. The molecule has 2 atom stereocenters. The van der Waals surface area contributed by atoms with E-state index in [0.29, 0.717) is 5.02 Å². The molecular weight excluding hydrogens is 320 g/mol. The van der Waals surface area contributed by atoms with Crippen LogP contribution in [0.4, 0.5) is 0 Å². The summed E-state index contributed by atoms with van der Waals surface area (Å²) in [7, 11) is 0. The van der Waals surface area contributed by atoms with Crippen molar-refractivity contribution >= 4 is 22.4 Å². The molecular formula is C20H15ClN2O. The van der Waals surface area contributed by atoms with Crippen LogP contribution in [0.5, 0.6) is 5.75 Å². The number of hydrogen-bond acceptors (Lipinski definition) is 3. The monoisotopic (exact) mass is 334 g/mol. The number of nitrogens with two attached hydrogens (primary N) is 1. The Hall–Kier alpha value is -2.54. The fourth-order valence-corrected chi connectivity index (χ4v) is 3.56. The van der Waals surface area contributed by atoms with Gasteiger partial charge in [0.2, 0.25) is 0 Å². The Kier molecular flexibility index (Phi) is 3.45. The number of halogens is 1. The van der Waals surface area contributed by atoms with Crippen molar-refractivity contribution in [2.45, 2.75) is 11.5 Å². The van der Waals surface area contributed by atoms with Crippen LogP contribution in [-0.4, -0.2) is 12.1 Å². The first-order chi connectivity index (χ1) is 11.6. The molecule has 0 fully saturated rings. The van der Waals surface area contributed by atoms with Crippen LogP contribution in [0.2, 0.25) is 5.02 Å². The normalized spacial score (nSPS) is 22.5. The zero-order valence-corrected chi connectivity index (χ0v) is 13.6. The highest BCUT2D eigenvalue weighted by Gasteiger charge is 2.43. The standard InChI is InChI=1S/C20H15ClN2O/c21-15-8-5-14(6-9-15)18-17-10-7-13-3-1-2-4-16(13)19(17)24-12-20(18,23)11-22/h1-10,18H,12,23H2. The zero-order valence-electron chi connectivity index (χ0n) is 12.9. The van der Waals surface area contributed by atoms with Gasteiger partial charge in [-0.3, -0.25) is 0 Å². The van der Waals surface area contributed by atoms with Crippen LogP contribution >= 0.6 is 11.6 Å². The quantitative estimate of drug-likeness (QED) is 0.724. The van der Waals surface area contributed by atoms with E-state index in [-0.39, 0.29) is 12.5 Å². The van der Waals surface area contributed by atoms with Crippen molar-refractivity contribution in [3.63, 3.8) is 0 Å². The van der Waals surface area contributed by atoms with Gasteiger partial charge in [0.25, 0.3) is 0 Å². The first kappa shape index (κ1) is 15.0. The van der Waals surface area contributed by atoms with E-state index in [2.05, 4.69) is 6.07 Å². The van der Waals surface area contributed by atoms with Gasteiger partial charge in [0, 0.05) is 21.9 Å². The second-order valence-electron chi connectivity index (χ2n) is 6.13. The molecule has 4 rings (SSSR count). The molecule has 1 aliphatic heterocycles. The summed E-state index contributed by atoms with van der Waals surface area (Å²) in [6.45, 7) is 0.151. The molecule has 0 amide bonds. The molecule has 1 heterocycles. The molecule has 118 valence electrons. The fourth-order valence-electron chi connectivity index (χ4n) is 3.43. The van der Waals surface area contributed by atoms with Crippen LogP contribution < -0.4 is 10.5 Å². The third-order valence-electron chi connectivity index (χ3n) is 4.60. The molecule has 0 saturated heterocycles. The molecule has 4 heteroatoms. The van der Waals surface area contributed by atoms with Crippen molar-refractivity contribution in [2.75, 3.05) is 6.61 Å². The number of rotatable bonds is 1. The Morgan fingerprint density at radius 2 is 1.83 bits per heavy atom. The van der Waals surface area contributed by atoms with Gasteiger partial charge in [-0.2, -0.15) is 5.26 Å². The third-order valence-corrected chi connectivity index (χ3v) is 4.86. The van der Waals surface area contributed by atoms with E-state index in [1.165, 1.54) is 0 Å². The number of fused-ring (bicyclic) bond motifs is 3. The van der Waals surface area contributed by atoms with Gasteiger partial charge in [0.1, 0.15) is 17.9 Å². The SMILES string of the molecule is N#CC1(N)COc2c(ccc3ccccc23)C1c1ccc(Cl)cc1. The Bertz CT molecular complexity index is 962. The highest BCUT2D eigenvalue weighted by molar-refractivity contribution is 6.30. The Morgan fingerprint density at radius 3 is 2.58 bits per heavy atom. The highest BCUT2D eigenvalue weighted by atomic mass is 35.5. The lowest BCUT2D eigenvalue weighted by Gasteiger charge is -2.38. The average molecular weight is 335 g/mol. The summed E-state index contributed by atoms with van der Waals surface area (Å²) in [4.78, 5) is 0. The Morgan fingerprint density at radius 1 is 1.08 bits per heavy atom. The molecule has 24 heavy (non-hydrogen) atoms. The topological polar surface area (TPSA) is 59.0 Å². The maximum absolute atomic E-state index is 9.69. The van der Waals surface area contributed by atoms with Crippen LogP contribution in [0, 0.1) is 11.3 Å². The van der Waals surface area contributed by atoms with Crippen molar-refractivity contribution in [1.82, 2.24) is 0 Å². The number of ether oxygens (including phenoxy) is 1. The Labute approximate surface area is 145 Å². The predicted octanol–water partition coefficient (Wildman–Crippen LogP) is 4.24. The molecule has 3 aromatic rings. The van der Waals surface area contributed by atoms with Crippen LogP contribution in [0.3, 0.4) is 0 Å². The van der Waals surface area contributed by atoms with Crippen LogP contribution in [0.25, 0.3) is 10.8 Å². The lowest BCUT2D eigenvalue weighted by Crippen LogP contribution is -2.52. The van der Waals surface area contributed by atoms with Gasteiger partial charge in [-0.15, -0.1) is 0 Å². The van der Waals surface area contributed by atoms with Gasteiger partial charge in [0.15, 0.2) is 0 Å². The molecule has 3 aromatic carbocycles. The lowest BCUT2D eigenvalue weighted by molar-refractivity contribution is 0.214. The number of hydrogen-bond donors (Lipinski definition) is 1. The van der Waals surface area contributed by atoms with Gasteiger partial charge >= 0.3 is 0 Å². The van der Waals surface area contributed by atoms with Crippen LogP contribution in [0.15, 0.2) is 60.7 Å². The van der Waals surface area contributed by atoms with E-state index in [1.54, 1.807) is 0 Å². The van der Waals surface area contributed by atoms with Crippen LogP contribution in [0.1, 0.15) is 17.0 Å². The Balaban J connectivity index is 1.98. The predicted molar refractivity (Wildman–Crippen MR) is 95.3 cm³/mol. The molecule has 0 radical (unpaired) electrons. The van der Waals surface area contributed by atoms with E-state index in [0.717, 1.165) is 27.6 Å². The summed E-state index contributed by atoms with van der Waals surface area (Å²) >= 11 is 6.01. The minimum atomic E-state index is -1.12. The van der Waals surface area contributed by atoms with Gasteiger partial charge in [0.05, 0.1) is 6.07 Å². The average Bonchev–Trinajstić information content (AvgIpc) is 2.62. The summed E-state index contributed by atoms with van der Waals surface area (Å²) in [5.41, 5.74) is 7.19. The molecule has 1 aliphatic rings. The molecule has 2 N–H and O–H groups in total. The van der Waals surface area contributed by atoms with Gasteiger partial charge < -0.3 is 10.5 Å². The van der Waals surface area contributed by atoms with Gasteiger partial charge in [-0.25, -0.2) is 0 Å². The van der Waals surface area contributed by atoms with E-state index >= 15 is 0 Å². The summed E-state index contributed by atoms with van der Waals surface area (Å²) in [6, 6.07) is 21.9. The maximum Gasteiger partial charge on any atom is 0.149 e. The maximum atomic E-state index is 9.69. The third kappa shape index (κ3) is 2.24. The van der Waals surface area contributed by atoms with E-state index in [9.17, 15) is 5.26 Å². The second-order valence-corrected chi connectivity index (χ2v) is 6.57. The highest BCUT2D eigenvalue weighted by Crippen LogP contribution is 2.45. The van der Waals surface area contributed by atoms with E-state index in [4.69, 9.17) is 22.1 Å². The molecule has 0 aromatic heterocycles. The molecule has 0 aliphatic carbocycles. The molecule has 0 bridgehead atoms. The largest absolute Gasteiger partial charge is 0.490 e. The lowest BCUT2D eigenvalue weighted by atomic mass is 9.74. The second kappa shape index (κ2) is 5.52. The number of nitrogens with zero attached hydrogens (tertiary/aromatic N) is 1. The molecule has 3 nitrogen and oxygen atoms in total. The van der Waals surface area contributed by atoms with Crippen molar-refractivity contribution < 1.29 is 4.74 Å². The van der Waals surface area contributed by atoms with Crippen molar-refractivity contribution in [3.8, 4) is 11.8 Å². The van der Waals surface area contributed by atoms with E-state index in [1.807, 2.05) is 60.7 Å². The van der Waals surface area contributed by atoms with Gasteiger partial charge in [-0.05, 0) is 23.1 Å². The summed E-state index contributed by atoms with van der Waals surface area (Å²) in [6.07, 6.45) is 0. The summed E-state index contributed by atoms with van der Waals surface area (Å²) in [5, 5.41) is 12.5. The first-order valence-electron chi connectivity index (χ1n) is 7.72. The van der Waals surface area contributed by atoms with Crippen molar-refractivity contribution in [3.05, 3.63) is 76.8 Å². The van der Waals surface area contributed by atoms with Crippen LogP contribution in [-0.2, 0) is 0 Å². The first-order valence-corrected chi connectivity index (χ1v) is 8.10. The number of benzene rings is 3. The molecule has 0 saturated carbocycles. The molecule has 2 unspecified atom stereocenters. The van der Waals surface area contributed by atoms with E-state index < -0.39 is 5.54 Å². The van der Waals surface area contributed by atoms with Crippen molar-refractivity contribution in [1.29, 1.82) is 5.26 Å². The number of nitriles is 1. The van der Waals surface area contributed by atoms with Crippen molar-refractivity contribution in [2.24, 2.45) is 5.73 Å². The minimum absolute atomic E-state index is 0.151. The zero-order chi connectivity index (χ0) is 16.7. The minimum Gasteiger partial charge on any atom is -0.490 e. The summed E-state index contributed by atoms with van der Waals surface area (Å²) in [5.74, 6) is 0.539. The summed E-state index contributed by atoms with van der Waals surface area (Å²) < 4.78 is 5.95.